The lowest BCUT2D eigenvalue weighted by atomic mass is 9.73. The predicted octanol–water partition coefficient (Wildman–Crippen LogP) is 5.98. The van der Waals surface area contributed by atoms with Crippen molar-refractivity contribution in [2.75, 3.05) is 11.1 Å². The highest BCUT2D eigenvalue weighted by Crippen LogP contribution is 2.45. The van der Waals surface area contributed by atoms with Crippen LogP contribution in [0, 0.1) is 5.41 Å². The Kier molecular flexibility index (Phi) is 5.89. The number of fused-ring (bicyclic) bond motifs is 1. The zero-order valence-corrected chi connectivity index (χ0v) is 19.6. The molecule has 0 bridgehead atoms. The average molecular weight is 475 g/mol. The van der Waals surface area contributed by atoms with Gasteiger partial charge in [0.1, 0.15) is 6.04 Å². The third-order valence-corrected chi connectivity index (χ3v) is 6.93. The summed E-state index contributed by atoms with van der Waals surface area (Å²) in [5.41, 5.74) is 2.85. The fraction of sp³-hybridized carbons (Fsp3) is 0.500. The first-order valence-electron chi connectivity index (χ1n) is 10.3. The summed E-state index contributed by atoms with van der Waals surface area (Å²) in [5.74, 6) is 1.95. The number of nitrogens with zero attached hydrogens (tertiary/aromatic N) is 3. The van der Waals surface area contributed by atoms with E-state index >= 15 is 0 Å². The number of rotatable bonds is 6. The number of aromatic nitrogens is 3. The molecule has 1 atom stereocenters. The number of hydrogen-bond donors (Lipinski definition) is 1. The summed E-state index contributed by atoms with van der Waals surface area (Å²) in [4.78, 5) is 17.9. The maximum Gasteiger partial charge on any atom is 0.227 e. The number of thioether (sulfide) groups is 1. The molecule has 0 saturated carbocycles. The predicted molar refractivity (Wildman–Crippen MR) is 121 cm³/mol. The molecule has 154 valence electrons. The van der Waals surface area contributed by atoms with Gasteiger partial charge in [0.25, 0.3) is 0 Å². The standard InChI is InChI=1S/C22H27BrN4OS/c1-4-5-6-11-29-21-25-20-24-16-12-22(2,3)13-17(28)18(16)19(27(20)26-21)14-7-9-15(23)10-8-14/h7-10,19H,4-6,11-13H2,1-3H3,(H,24,25,26). The molecule has 2 aliphatic rings. The Morgan fingerprint density at radius 1 is 1.24 bits per heavy atom. The fourth-order valence-corrected chi connectivity index (χ4v) is 5.21. The smallest absolute Gasteiger partial charge is 0.227 e. The van der Waals surface area contributed by atoms with Crippen LogP contribution in [0.4, 0.5) is 5.95 Å². The molecule has 29 heavy (non-hydrogen) atoms. The topological polar surface area (TPSA) is 59.8 Å². The Morgan fingerprint density at radius 3 is 2.72 bits per heavy atom. The van der Waals surface area contributed by atoms with E-state index in [2.05, 4.69) is 54.2 Å². The van der Waals surface area contributed by atoms with Crippen molar-refractivity contribution in [3.63, 3.8) is 0 Å². The highest BCUT2D eigenvalue weighted by atomic mass is 79.9. The summed E-state index contributed by atoms with van der Waals surface area (Å²) in [6, 6.07) is 7.95. The number of halogens is 1. The van der Waals surface area contributed by atoms with Crippen LogP contribution in [0.25, 0.3) is 0 Å². The number of unbranched alkanes of at least 4 members (excludes halogenated alkanes) is 2. The van der Waals surface area contributed by atoms with E-state index in [1.54, 1.807) is 11.8 Å². The SMILES string of the molecule is CCCCCSc1nc2n(n1)C(c1ccc(Br)cc1)C1=C(CC(C)(C)CC1=O)N2. The normalized spacial score (nSPS) is 20.3. The van der Waals surface area contributed by atoms with Gasteiger partial charge >= 0.3 is 0 Å². The van der Waals surface area contributed by atoms with E-state index in [4.69, 9.17) is 10.1 Å². The van der Waals surface area contributed by atoms with Crippen molar-refractivity contribution in [2.24, 2.45) is 5.41 Å². The molecule has 2 aromatic rings. The number of carbonyl (C=O) groups excluding carboxylic acids is 1. The van der Waals surface area contributed by atoms with E-state index in [0.29, 0.717) is 6.42 Å². The van der Waals surface area contributed by atoms with Gasteiger partial charge in [-0.25, -0.2) is 4.68 Å². The molecule has 1 unspecified atom stereocenters. The van der Waals surface area contributed by atoms with Crippen molar-refractivity contribution in [2.45, 2.75) is 64.1 Å². The van der Waals surface area contributed by atoms with Gasteiger partial charge in [-0.3, -0.25) is 4.79 Å². The fourth-order valence-electron chi connectivity index (χ4n) is 4.12. The minimum Gasteiger partial charge on any atom is -0.328 e. The van der Waals surface area contributed by atoms with Crippen LogP contribution >= 0.6 is 27.7 Å². The summed E-state index contributed by atoms with van der Waals surface area (Å²) in [7, 11) is 0. The van der Waals surface area contributed by atoms with E-state index in [-0.39, 0.29) is 17.2 Å². The van der Waals surface area contributed by atoms with Crippen molar-refractivity contribution in [1.29, 1.82) is 0 Å². The molecule has 4 rings (SSSR count). The van der Waals surface area contributed by atoms with E-state index in [1.165, 1.54) is 12.8 Å². The van der Waals surface area contributed by atoms with Crippen LogP contribution in [0.5, 0.6) is 0 Å². The summed E-state index contributed by atoms with van der Waals surface area (Å²) in [6.07, 6.45) is 4.99. The zero-order chi connectivity index (χ0) is 20.6. The molecular formula is C22H27BrN4OS. The first-order chi connectivity index (χ1) is 13.9. The minimum atomic E-state index is -0.226. The molecule has 1 aliphatic carbocycles. The molecule has 7 heteroatoms. The van der Waals surface area contributed by atoms with Gasteiger partial charge in [-0.05, 0) is 36.0 Å². The van der Waals surface area contributed by atoms with Gasteiger partial charge in [-0.2, -0.15) is 4.98 Å². The first kappa shape index (κ1) is 20.7. The van der Waals surface area contributed by atoms with E-state index in [9.17, 15) is 4.79 Å². The van der Waals surface area contributed by atoms with Gasteiger partial charge in [0.2, 0.25) is 11.1 Å². The maximum atomic E-state index is 13.2. The third kappa shape index (κ3) is 4.31. The van der Waals surface area contributed by atoms with Crippen LogP contribution in [0.15, 0.2) is 45.2 Å². The first-order valence-corrected chi connectivity index (χ1v) is 12.0. The Hall–Kier alpha value is -1.60. The van der Waals surface area contributed by atoms with Crippen molar-refractivity contribution in [3.8, 4) is 0 Å². The summed E-state index contributed by atoms with van der Waals surface area (Å²) < 4.78 is 2.92. The van der Waals surface area contributed by atoms with Crippen LogP contribution in [0.3, 0.4) is 0 Å². The second kappa shape index (κ2) is 8.26. The molecule has 0 fully saturated rings. The molecule has 2 heterocycles. The lowest BCUT2D eigenvalue weighted by Gasteiger charge is -2.38. The molecule has 0 radical (unpaired) electrons. The monoisotopic (exact) mass is 474 g/mol. The molecule has 1 N–H and O–H groups in total. The van der Waals surface area contributed by atoms with E-state index < -0.39 is 0 Å². The number of anilines is 1. The average Bonchev–Trinajstić information content (AvgIpc) is 3.06. The molecule has 5 nitrogen and oxygen atoms in total. The Balaban J connectivity index is 1.73. The molecule has 1 aliphatic heterocycles. The van der Waals surface area contributed by atoms with Crippen LogP contribution in [-0.4, -0.2) is 26.3 Å². The maximum absolute atomic E-state index is 13.2. The molecule has 0 saturated heterocycles. The van der Waals surface area contributed by atoms with Crippen molar-refractivity contribution < 1.29 is 4.79 Å². The summed E-state index contributed by atoms with van der Waals surface area (Å²) in [6.45, 7) is 6.51. The largest absolute Gasteiger partial charge is 0.328 e. The number of ketones is 1. The van der Waals surface area contributed by atoms with Crippen molar-refractivity contribution in [3.05, 3.63) is 45.6 Å². The third-order valence-electron chi connectivity index (χ3n) is 5.48. The number of allylic oxidation sites excluding steroid dienone is 2. The number of benzene rings is 1. The molecule has 0 amide bonds. The van der Waals surface area contributed by atoms with Crippen molar-refractivity contribution in [1.82, 2.24) is 14.8 Å². The van der Waals surface area contributed by atoms with Crippen LogP contribution < -0.4 is 5.32 Å². The lowest BCUT2D eigenvalue weighted by Crippen LogP contribution is -2.36. The zero-order valence-electron chi connectivity index (χ0n) is 17.2. The highest BCUT2D eigenvalue weighted by Gasteiger charge is 2.41. The Labute approximate surface area is 184 Å². The van der Waals surface area contributed by atoms with Crippen LogP contribution in [-0.2, 0) is 4.79 Å². The summed E-state index contributed by atoms with van der Waals surface area (Å²) in [5, 5.41) is 9.02. The minimum absolute atomic E-state index is 0.0485. The van der Waals surface area contributed by atoms with Gasteiger partial charge in [0.05, 0.1) is 0 Å². The lowest BCUT2D eigenvalue weighted by molar-refractivity contribution is -0.118. The van der Waals surface area contributed by atoms with E-state index in [1.807, 2.05) is 16.8 Å². The van der Waals surface area contributed by atoms with Crippen LogP contribution in [0.1, 0.15) is 64.5 Å². The van der Waals surface area contributed by atoms with Gasteiger partial charge in [0.15, 0.2) is 5.78 Å². The number of nitrogens with one attached hydrogen (secondary N) is 1. The highest BCUT2D eigenvalue weighted by molar-refractivity contribution is 9.10. The second-order valence-electron chi connectivity index (χ2n) is 8.63. The number of hydrogen-bond acceptors (Lipinski definition) is 5. The van der Waals surface area contributed by atoms with Gasteiger partial charge in [-0.15, -0.1) is 5.10 Å². The van der Waals surface area contributed by atoms with Crippen molar-refractivity contribution >= 4 is 39.4 Å². The molecule has 0 spiro atoms. The van der Waals surface area contributed by atoms with E-state index in [0.717, 1.165) is 51.0 Å². The van der Waals surface area contributed by atoms with Gasteiger partial charge in [0, 0.05) is 27.9 Å². The van der Waals surface area contributed by atoms with Crippen LogP contribution in [0.2, 0.25) is 0 Å². The Bertz CT molecular complexity index is 948. The van der Waals surface area contributed by atoms with Gasteiger partial charge in [-0.1, -0.05) is 73.4 Å². The van der Waals surface area contributed by atoms with Gasteiger partial charge < -0.3 is 5.32 Å². The number of carbonyl (C=O) groups is 1. The number of Topliss-reactive ketones (excluding diaryl/α,β-unsaturated/α-hetero) is 1. The molecule has 1 aromatic heterocycles. The second-order valence-corrected chi connectivity index (χ2v) is 10.6. The molecular weight excluding hydrogens is 448 g/mol. The summed E-state index contributed by atoms with van der Waals surface area (Å²) >= 11 is 5.21. The Morgan fingerprint density at radius 2 is 2.00 bits per heavy atom. The quantitative estimate of drug-likeness (QED) is 0.411. The molecule has 1 aromatic carbocycles.